The molecule has 0 bridgehead atoms. The van der Waals surface area contributed by atoms with E-state index < -0.39 is 0 Å². The second kappa shape index (κ2) is 4.68. The zero-order valence-electron chi connectivity index (χ0n) is 5.08. The van der Waals surface area contributed by atoms with Crippen LogP contribution in [0.1, 0.15) is 9.78 Å². The maximum absolute atomic E-state index is 4.78. The third-order valence-corrected chi connectivity index (χ3v) is 0.322. The first kappa shape index (κ1) is 5.68. The first-order valence-corrected chi connectivity index (χ1v) is 1.79. The van der Waals surface area contributed by atoms with Crippen molar-refractivity contribution in [2.24, 2.45) is 0 Å². The Bertz CT molecular complexity index is 189. The summed E-state index contributed by atoms with van der Waals surface area (Å²) in [5.74, 6) is 12.0. The fourth-order valence-corrected chi connectivity index (χ4v) is 0.130. The minimum atomic E-state index is 0. The van der Waals surface area contributed by atoms with Crippen molar-refractivity contribution in [3.8, 4) is 36.0 Å². The molecule has 0 saturated heterocycles. The number of terminal acetylenes is 1. The second-order valence-corrected chi connectivity index (χ2v) is 0.769. The molecular formula is C7H7-. The van der Waals surface area contributed by atoms with E-state index in [1.807, 2.05) is 0 Å². The van der Waals surface area contributed by atoms with Crippen molar-refractivity contribution in [2.45, 2.75) is 6.92 Å². The Morgan fingerprint density at radius 1 is 1.43 bits per heavy atom. The normalized spacial score (nSPS) is 3.43. The van der Waals surface area contributed by atoms with Crippen LogP contribution < -0.4 is 0 Å². The standard InChI is InChI=1S/C7H4.H2.H/c1-3-5-7-6-4-2;;/h1H,2H3;1H;/q;;-1. The lowest BCUT2D eigenvalue weighted by molar-refractivity contribution is 1.92. The van der Waals surface area contributed by atoms with E-state index in [0.717, 1.165) is 0 Å². The SMILES string of the molecule is C#CC#CC#CC.[H-].[HH]. The van der Waals surface area contributed by atoms with Crippen LogP contribution >= 0.6 is 0 Å². The molecule has 0 heteroatoms. The van der Waals surface area contributed by atoms with Crippen LogP contribution in [0.25, 0.3) is 0 Å². The van der Waals surface area contributed by atoms with Gasteiger partial charge in [-0.05, 0) is 30.6 Å². The van der Waals surface area contributed by atoms with Gasteiger partial charge in [0.15, 0.2) is 0 Å². The Morgan fingerprint density at radius 2 is 2.14 bits per heavy atom. The predicted molar refractivity (Wildman–Crippen MR) is 33.3 cm³/mol. The van der Waals surface area contributed by atoms with Crippen molar-refractivity contribution in [1.82, 2.24) is 0 Å². The van der Waals surface area contributed by atoms with Crippen LogP contribution in [0, 0.1) is 36.0 Å². The topological polar surface area (TPSA) is 0 Å². The van der Waals surface area contributed by atoms with Gasteiger partial charge in [0.05, 0.1) is 0 Å². The molecule has 0 atom stereocenters. The van der Waals surface area contributed by atoms with Crippen LogP contribution in [-0.4, -0.2) is 0 Å². The molecule has 0 radical (unpaired) electrons. The number of rotatable bonds is 0. The van der Waals surface area contributed by atoms with Crippen molar-refractivity contribution in [3.05, 3.63) is 0 Å². The highest BCUT2D eigenvalue weighted by Crippen LogP contribution is 1.48. The lowest BCUT2D eigenvalue weighted by atomic mass is 10.5. The molecule has 0 N–H and O–H groups in total. The van der Waals surface area contributed by atoms with E-state index in [1.54, 1.807) is 6.92 Å². The summed E-state index contributed by atoms with van der Waals surface area (Å²) in [5, 5.41) is 0. The number of hydrogen-bond donors (Lipinski definition) is 0. The van der Waals surface area contributed by atoms with E-state index in [0.29, 0.717) is 0 Å². The molecule has 0 aromatic heterocycles. The largest absolute Gasteiger partial charge is 1.00 e. The van der Waals surface area contributed by atoms with Gasteiger partial charge >= 0.3 is 0 Å². The van der Waals surface area contributed by atoms with Gasteiger partial charge in [0.25, 0.3) is 0 Å². The monoisotopic (exact) mass is 91.1 g/mol. The summed E-state index contributed by atoms with van der Waals surface area (Å²) in [6.07, 6.45) is 4.78. The van der Waals surface area contributed by atoms with Gasteiger partial charge in [0, 0.05) is 1.43 Å². The first-order valence-electron chi connectivity index (χ1n) is 1.79. The van der Waals surface area contributed by atoms with E-state index in [4.69, 9.17) is 6.42 Å². The molecule has 7 heavy (non-hydrogen) atoms. The minimum Gasteiger partial charge on any atom is -1.00 e. The van der Waals surface area contributed by atoms with Gasteiger partial charge in [-0.3, -0.25) is 0 Å². The molecule has 0 spiro atoms. The number of hydrogen-bond acceptors (Lipinski definition) is 0. The van der Waals surface area contributed by atoms with Crippen molar-refractivity contribution in [1.29, 1.82) is 0 Å². The predicted octanol–water partition coefficient (Wildman–Crippen LogP) is 1.00. The third-order valence-electron chi connectivity index (χ3n) is 0.322. The summed E-state index contributed by atoms with van der Waals surface area (Å²) in [6.45, 7) is 1.71. The molecule has 0 fully saturated rings. The van der Waals surface area contributed by atoms with Crippen molar-refractivity contribution in [2.75, 3.05) is 0 Å². The highest BCUT2D eigenvalue weighted by molar-refractivity contribution is 5.33. The second-order valence-electron chi connectivity index (χ2n) is 0.769. The van der Waals surface area contributed by atoms with Gasteiger partial charge < -0.3 is 1.43 Å². The fourth-order valence-electron chi connectivity index (χ4n) is 0.130. The first-order chi connectivity index (χ1) is 3.41. The van der Waals surface area contributed by atoms with Gasteiger partial charge in [-0.25, -0.2) is 0 Å². The van der Waals surface area contributed by atoms with Crippen LogP contribution in [0.2, 0.25) is 0 Å². The smallest absolute Gasteiger partial charge is 0 e. The van der Waals surface area contributed by atoms with E-state index in [1.165, 1.54) is 0 Å². The zero-order chi connectivity index (χ0) is 5.54. The summed E-state index contributed by atoms with van der Waals surface area (Å²) < 4.78 is 0. The van der Waals surface area contributed by atoms with Crippen LogP contribution in [0.5, 0.6) is 0 Å². The third kappa shape index (κ3) is 4.68. The molecule has 0 saturated carbocycles. The van der Waals surface area contributed by atoms with Gasteiger partial charge in [-0.2, -0.15) is 0 Å². The Kier molecular flexibility index (Phi) is 3.80. The summed E-state index contributed by atoms with van der Waals surface area (Å²) in [6, 6.07) is 0. The maximum atomic E-state index is 4.78. The van der Waals surface area contributed by atoms with Gasteiger partial charge in [0.1, 0.15) is 0 Å². The summed E-state index contributed by atoms with van der Waals surface area (Å²) in [4.78, 5) is 0. The average Bonchev–Trinajstić information content (AvgIpc) is 1.69. The van der Waals surface area contributed by atoms with Crippen LogP contribution in [-0.2, 0) is 0 Å². The van der Waals surface area contributed by atoms with Gasteiger partial charge in [-0.15, -0.1) is 6.42 Å². The van der Waals surface area contributed by atoms with Crippen LogP contribution in [0.15, 0.2) is 0 Å². The lowest BCUT2D eigenvalue weighted by Crippen LogP contribution is -1.46. The van der Waals surface area contributed by atoms with E-state index in [2.05, 4.69) is 29.6 Å². The molecule has 36 valence electrons. The molecule has 0 rings (SSSR count). The van der Waals surface area contributed by atoms with Crippen molar-refractivity contribution < 1.29 is 2.85 Å². The molecule has 0 aliphatic carbocycles. The lowest BCUT2D eigenvalue weighted by Gasteiger charge is -1.49. The van der Waals surface area contributed by atoms with Gasteiger partial charge in [-0.1, -0.05) is 5.92 Å². The molecule has 0 aromatic carbocycles. The summed E-state index contributed by atoms with van der Waals surface area (Å²) in [5.41, 5.74) is 0. The molecule has 0 aromatic rings. The molecule has 0 amide bonds. The summed E-state index contributed by atoms with van der Waals surface area (Å²) in [7, 11) is 0. The molecule has 0 heterocycles. The Labute approximate surface area is 46.9 Å². The van der Waals surface area contributed by atoms with Crippen molar-refractivity contribution in [3.63, 3.8) is 0 Å². The van der Waals surface area contributed by atoms with Crippen LogP contribution in [0.3, 0.4) is 0 Å². The summed E-state index contributed by atoms with van der Waals surface area (Å²) >= 11 is 0. The quantitative estimate of drug-likeness (QED) is 0.390. The minimum absolute atomic E-state index is 0. The molecule has 0 unspecified atom stereocenters. The molecule has 0 nitrogen and oxygen atoms in total. The Hall–Kier alpha value is -1.32. The fraction of sp³-hybridized carbons (Fsp3) is 0.143. The zero-order valence-corrected chi connectivity index (χ0v) is 4.08. The van der Waals surface area contributed by atoms with E-state index in [9.17, 15) is 0 Å². The molecule has 0 aliphatic rings. The molecule has 0 aliphatic heterocycles. The van der Waals surface area contributed by atoms with Gasteiger partial charge in [0.2, 0.25) is 0 Å². The molecular weight excluding hydrogens is 84.1 g/mol. The van der Waals surface area contributed by atoms with Crippen molar-refractivity contribution >= 4 is 0 Å². The highest BCUT2D eigenvalue weighted by atomic mass is 13.5. The van der Waals surface area contributed by atoms with E-state index in [-0.39, 0.29) is 2.85 Å². The Balaban J connectivity index is -0.000000180. The van der Waals surface area contributed by atoms with Crippen LogP contribution in [0.4, 0.5) is 0 Å². The Morgan fingerprint density at radius 3 is 2.57 bits per heavy atom. The average molecular weight is 91.1 g/mol. The van der Waals surface area contributed by atoms with E-state index >= 15 is 0 Å². The maximum Gasteiger partial charge on any atom is 0 e. The highest BCUT2D eigenvalue weighted by Gasteiger charge is 1.45.